The second-order valence-electron chi connectivity index (χ2n) is 4.74. The molecule has 0 amide bonds. The minimum absolute atomic E-state index is 0.395. The van der Waals surface area contributed by atoms with Crippen LogP contribution in [0.2, 0.25) is 0 Å². The highest BCUT2D eigenvalue weighted by Crippen LogP contribution is 2.21. The van der Waals surface area contributed by atoms with Crippen LogP contribution < -0.4 is 5.73 Å². The van der Waals surface area contributed by atoms with Crippen molar-refractivity contribution < 1.29 is 0 Å². The zero-order valence-corrected chi connectivity index (χ0v) is 10.1. The molecule has 1 nitrogen and oxygen atoms in total. The Morgan fingerprint density at radius 2 is 1.88 bits per heavy atom. The standard InChI is InChI=1S/C15H21N/c1-2-12-3-5-13(6-4-12)11-14-7-9-15(16)10-8-14/h3-7,15H,2,8-11,16H2,1H3. The summed E-state index contributed by atoms with van der Waals surface area (Å²) in [6, 6.07) is 9.39. The predicted molar refractivity (Wildman–Crippen MR) is 69.4 cm³/mol. The lowest BCUT2D eigenvalue weighted by Gasteiger charge is -2.18. The van der Waals surface area contributed by atoms with Crippen molar-refractivity contribution in [3.8, 4) is 0 Å². The van der Waals surface area contributed by atoms with Gasteiger partial charge in [-0.25, -0.2) is 0 Å². The van der Waals surface area contributed by atoms with E-state index in [1.807, 2.05) is 0 Å². The van der Waals surface area contributed by atoms with Crippen molar-refractivity contribution >= 4 is 0 Å². The summed E-state index contributed by atoms with van der Waals surface area (Å²) >= 11 is 0. The number of rotatable bonds is 3. The van der Waals surface area contributed by atoms with Crippen molar-refractivity contribution in [2.24, 2.45) is 5.73 Å². The van der Waals surface area contributed by atoms with Crippen molar-refractivity contribution in [1.29, 1.82) is 0 Å². The molecule has 1 aromatic carbocycles. The van der Waals surface area contributed by atoms with Crippen LogP contribution in [0.5, 0.6) is 0 Å². The summed E-state index contributed by atoms with van der Waals surface area (Å²) in [5.74, 6) is 0. The van der Waals surface area contributed by atoms with Gasteiger partial charge in [0.25, 0.3) is 0 Å². The van der Waals surface area contributed by atoms with Crippen molar-refractivity contribution in [3.05, 3.63) is 47.0 Å². The van der Waals surface area contributed by atoms with Gasteiger partial charge in [0.05, 0.1) is 0 Å². The summed E-state index contributed by atoms with van der Waals surface area (Å²) < 4.78 is 0. The Kier molecular flexibility index (Phi) is 3.79. The summed E-state index contributed by atoms with van der Waals surface area (Å²) in [5, 5.41) is 0. The van der Waals surface area contributed by atoms with Gasteiger partial charge in [-0.1, -0.05) is 42.8 Å². The third kappa shape index (κ3) is 2.96. The van der Waals surface area contributed by atoms with Crippen LogP contribution in [0.3, 0.4) is 0 Å². The molecule has 0 radical (unpaired) electrons. The number of aryl methyl sites for hydroxylation is 1. The average molecular weight is 215 g/mol. The smallest absolute Gasteiger partial charge is 0.00765 e. The van der Waals surface area contributed by atoms with Crippen LogP contribution in [0, 0.1) is 0 Å². The summed E-state index contributed by atoms with van der Waals surface area (Å²) in [4.78, 5) is 0. The Morgan fingerprint density at radius 3 is 2.44 bits per heavy atom. The van der Waals surface area contributed by atoms with Crippen LogP contribution in [-0.2, 0) is 12.8 Å². The van der Waals surface area contributed by atoms with Crippen molar-refractivity contribution in [2.45, 2.75) is 45.1 Å². The maximum atomic E-state index is 5.88. The number of nitrogens with two attached hydrogens (primary N) is 1. The fraction of sp³-hybridized carbons (Fsp3) is 0.467. The zero-order chi connectivity index (χ0) is 11.4. The summed E-state index contributed by atoms with van der Waals surface area (Å²) in [7, 11) is 0. The van der Waals surface area contributed by atoms with Gasteiger partial charge >= 0.3 is 0 Å². The van der Waals surface area contributed by atoms with Crippen LogP contribution in [-0.4, -0.2) is 6.04 Å². The van der Waals surface area contributed by atoms with Crippen LogP contribution >= 0.6 is 0 Å². The molecular weight excluding hydrogens is 194 g/mol. The molecule has 1 aliphatic rings. The van der Waals surface area contributed by atoms with E-state index in [4.69, 9.17) is 5.73 Å². The Morgan fingerprint density at radius 1 is 1.19 bits per heavy atom. The van der Waals surface area contributed by atoms with Crippen molar-refractivity contribution in [2.75, 3.05) is 0 Å². The molecule has 1 heteroatoms. The highest BCUT2D eigenvalue weighted by Gasteiger charge is 2.10. The maximum Gasteiger partial charge on any atom is 0.00765 e. The molecule has 0 fully saturated rings. The van der Waals surface area contributed by atoms with Crippen LogP contribution in [0.1, 0.15) is 37.3 Å². The third-order valence-corrected chi connectivity index (χ3v) is 3.41. The second-order valence-corrected chi connectivity index (χ2v) is 4.74. The SMILES string of the molecule is CCc1ccc(CC2=CCC(N)CC2)cc1. The molecule has 0 bridgehead atoms. The molecule has 1 aliphatic carbocycles. The lowest BCUT2D eigenvalue weighted by atomic mass is 9.91. The maximum absolute atomic E-state index is 5.88. The second kappa shape index (κ2) is 5.31. The number of benzene rings is 1. The highest BCUT2D eigenvalue weighted by molar-refractivity contribution is 5.27. The first-order valence-electron chi connectivity index (χ1n) is 6.29. The Bertz CT molecular complexity index is 362. The topological polar surface area (TPSA) is 26.0 Å². The van der Waals surface area contributed by atoms with Gasteiger partial charge in [-0.15, -0.1) is 0 Å². The first kappa shape index (κ1) is 11.4. The van der Waals surface area contributed by atoms with E-state index in [1.165, 1.54) is 17.5 Å². The van der Waals surface area contributed by atoms with E-state index in [1.54, 1.807) is 5.57 Å². The largest absolute Gasteiger partial charge is 0.327 e. The van der Waals surface area contributed by atoms with E-state index in [2.05, 4.69) is 37.3 Å². The molecule has 0 saturated heterocycles. The molecule has 2 N–H and O–H groups in total. The molecule has 1 aromatic rings. The molecule has 0 saturated carbocycles. The third-order valence-electron chi connectivity index (χ3n) is 3.41. The molecule has 0 aromatic heterocycles. The van der Waals surface area contributed by atoms with Crippen molar-refractivity contribution in [3.63, 3.8) is 0 Å². The molecular formula is C15H21N. The van der Waals surface area contributed by atoms with Crippen LogP contribution in [0.25, 0.3) is 0 Å². The summed E-state index contributed by atoms with van der Waals surface area (Å²) in [6.07, 6.45) is 7.95. The van der Waals surface area contributed by atoms with E-state index in [9.17, 15) is 0 Å². The molecule has 1 atom stereocenters. The minimum atomic E-state index is 0.395. The van der Waals surface area contributed by atoms with E-state index in [0.29, 0.717) is 6.04 Å². The Balaban J connectivity index is 1.98. The fourth-order valence-corrected chi connectivity index (χ4v) is 2.22. The Hall–Kier alpha value is -1.08. The normalized spacial score (nSPS) is 20.6. The van der Waals surface area contributed by atoms with Gasteiger partial charge in [0.2, 0.25) is 0 Å². The molecule has 0 heterocycles. The van der Waals surface area contributed by atoms with Gasteiger partial charge in [-0.2, -0.15) is 0 Å². The Labute approximate surface area is 98.4 Å². The fourth-order valence-electron chi connectivity index (χ4n) is 2.22. The first-order valence-corrected chi connectivity index (χ1v) is 6.29. The molecule has 16 heavy (non-hydrogen) atoms. The van der Waals surface area contributed by atoms with Crippen LogP contribution in [0.15, 0.2) is 35.9 Å². The first-order chi connectivity index (χ1) is 7.78. The molecule has 0 spiro atoms. The van der Waals surface area contributed by atoms with Crippen molar-refractivity contribution in [1.82, 2.24) is 0 Å². The van der Waals surface area contributed by atoms with Gasteiger partial charge < -0.3 is 5.73 Å². The van der Waals surface area contributed by atoms with Gasteiger partial charge in [0, 0.05) is 6.04 Å². The summed E-state index contributed by atoms with van der Waals surface area (Å²) in [5.41, 5.74) is 10.3. The zero-order valence-electron chi connectivity index (χ0n) is 10.1. The molecule has 0 aliphatic heterocycles. The quantitative estimate of drug-likeness (QED) is 0.770. The minimum Gasteiger partial charge on any atom is -0.327 e. The summed E-state index contributed by atoms with van der Waals surface area (Å²) in [6.45, 7) is 2.19. The molecule has 86 valence electrons. The van der Waals surface area contributed by atoms with Gasteiger partial charge in [-0.3, -0.25) is 0 Å². The molecule has 2 rings (SSSR count). The van der Waals surface area contributed by atoms with E-state index in [0.717, 1.165) is 25.7 Å². The lowest BCUT2D eigenvalue weighted by Crippen LogP contribution is -2.22. The number of allylic oxidation sites excluding steroid dienone is 1. The predicted octanol–water partition coefficient (Wildman–Crippen LogP) is 3.23. The van der Waals surface area contributed by atoms with E-state index >= 15 is 0 Å². The lowest BCUT2D eigenvalue weighted by molar-refractivity contribution is 0.583. The number of hydrogen-bond acceptors (Lipinski definition) is 1. The average Bonchev–Trinajstić information content (AvgIpc) is 2.33. The van der Waals surface area contributed by atoms with Gasteiger partial charge in [-0.05, 0) is 43.2 Å². The van der Waals surface area contributed by atoms with Crippen LogP contribution in [0.4, 0.5) is 0 Å². The monoisotopic (exact) mass is 215 g/mol. The highest BCUT2D eigenvalue weighted by atomic mass is 14.6. The number of hydrogen-bond donors (Lipinski definition) is 1. The van der Waals surface area contributed by atoms with Gasteiger partial charge in [0.1, 0.15) is 0 Å². The van der Waals surface area contributed by atoms with E-state index in [-0.39, 0.29) is 0 Å². The van der Waals surface area contributed by atoms with Gasteiger partial charge in [0.15, 0.2) is 0 Å². The molecule has 1 unspecified atom stereocenters. The van der Waals surface area contributed by atoms with E-state index < -0.39 is 0 Å².